The Hall–Kier alpha value is -3.51. The van der Waals surface area contributed by atoms with Crippen LogP contribution in [0.2, 0.25) is 10.0 Å². The number of benzene rings is 2. The van der Waals surface area contributed by atoms with Crippen LogP contribution in [0.25, 0.3) is 16.9 Å². The number of amides is 2. The van der Waals surface area contributed by atoms with Crippen LogP contribution in [0, 0.1) is 18.8 Å². The Kier molecular flexibility index (Phi) is 9.41. The number of alkyl carbamates (subject to hydrolysis) is 1. The molecule has 1 fully saturated rings. The highest BCUT2D eigenvalue weighted by Gasteiger charge is 2.25. The summed E-state index contributed by atoms with van der Waals surface area (Å²) >= 11 is 12.7. The largest absolute Gasteiger partial charge is 0.444 e. The predicted molar refractivity (Wildman–Crippen MR) is 158 cm³/mol. The minimum Gasteiger partial charge on any atom is -0.444 e. The number of hydrogen-bond acceptors (Lipinski definition) is 5. The normalized spacial score (nSPS) is 13.8. The van der Waals surface area contributed by atoms with E-state index in [9.17, 15) is 9.59 Å². The van der Waals surface area contributed by atoms with Crippen LogP contribution < -0.4 is 10.7 Å². The van der Waals surface area contributed by atoms with Crippen molar-refractivity contribution >= 4 is 35.2 Å². The number of ether oxygens (including phenoxy) is 1. The van der Waals surface area contributed by atoms with Gasteiger partial charge >= 0.3 is 6.09 Å². The molecule has 1 aliphatic rings. The second kappa shape index (κ2) is 12.8. The number of nitrogens with one attached hydrogen (secondary N) is 2. The molecular weight excluding hydrogens is 549 g/mol. The lowest BCUT2D eigenvalue weighted by Gasteiger charge is -2.26. The van der Waals surface area contributed by atoms with E-state index < -0.39 is 11.7 Å². The number of hydrogen-bond donors (Lipinski definition) is 2. The molecule has 0 spiro atoms. The Morgan fingerprint density at radius 1 is 1.05 bits per heavy atom. The van der Waals surface area contributed by atoms with Crippen molar-refractivity contribution in [3.63, 3.8) is 0 Å². The van der Waals surface area contributed by atoms with E-state index in [1.54, 1.807) is 43.7 Å². The number of carbonyl (C=O) groups is 2. The maximum absolute atomic E-state index is 13.3. The Labute approximate surface area is 244 Å². The summed E-state index contributed by atoms with van der Waals surface area (Å²) in [6, 6.07) is 12.8. The minimum absolute atomic E-state index is 0.160. The highest BCUT2D eigenvalue weighted by molar-refractivity contribution is 6.35. The number of nitrogens with zero attached hydrogens (tertiary/aromatic N) is 3. The molecule has 8 nitrogen and oxygen atoms in total. The van der Waals surface area contributed by atoms with Crippen LogP contribution >= 0.6 is 23.2 Å². The number of carbonyl (C=O) groups excluding carboxylic acids is 2. The first-order valence-corrected chi connectivity index (χ1v) is 13.9. The molecule has 0 saturated carbocycles. The SMILES string of the molecule is Cc1c(C(=O)NN2CCCCC2)nn(-c2ccc(Cl)cc2Cl)c1-c1ccc(C#CCNC(=O)OC(C)(C)C)cc1. The molecule has 2 amide bonds. The molecule has 3 aromatic rings. The van der Waals surface area contributed by atoms with Crippen molar-refractivity contribution in [1.29, 1.82) is 0 Å². The van der Waals surface area contributed by atoms with Gasteiger partial charge in [-0.05, 0) is 70.9 Å². The second-order valence-electron chi connectivity index (χ2n) is 10.6. The van der Waals surface area contributed by atoms with Gasteiger partial charge in [0.25, 0.3) is 5.91 Å². The number of hydrazine groups is 1. The molecule has 0 atom stereocenters. The van der Waals surface area contributed by atoms with Gasteiger partial charge < -0.3 is 10.1 Å². The van der Waals surface area contributed by atoms with Crippen LogP contribution in [0.15, 0.2) is 42.5 Å². The highest BCUT2D eigenvalue weighted by Crippen LogP contribution is 2.33. The lowest BCUT2D eigenvalue weighted by Crippen LogP contribution is -2.45. The average molecular weight is 583 g/mol. The van der Waals surface area contributed by atoms with E-state index in [-0.39, 0.29) is 12.5 Å². The summed E-state index contributed by atoms with van der Waals surface area (Å²) in [6.45, 7) is 9.08. The molecule has 4 rings (SSSR count). The average Bonchev–Trinajstić information content (AvgIpc) is 3.23. The van der Waals surface area contributed by atoms with Crippen LogP contribution in [-0.2, 0) is 4.74 Å². The van der Waals surface area contributed by atoms with Gasteiger partial charge in [-0.15, -0.1) is 0 Å². The molecule has 1 saturated heterocycles. The minimum atomic E-state index is -0.567. The van der Waals surface area contributed by atoms with E-state index in [2.05, 4.69) is 22.6 Å². The third-order valence-electron chi connectivity index (χ3n) is 6.20. The van der Waals surface area contributed by atoms with Gasteiger partial charge in [-0.25, -0.2) is 14.5 Å². The van der Waals surface area contributed by atoms with Crippen LogP contribution in [0.1, 0.15) is 61.6 Å². The Morgan fingerprint density at radius 2 is 1.75 bits per heavy atom. The molecule has 1 aliphatic heterocycles. The molecule has 0 aliphatic carbocycles. The van der Waals surface area contributed by atoms with E-state index in [0.29, 0.717) is 21.4 Å². The Bertz CT molecular complexity index is 1440. The molecule has 1 aromatic heterocycles. The first-order chi connectivity index (χ1) is 19.0. The molecule has 10 heteroatoms. The van der Waals surface area contributed by atoms with Gasteiger partial charge in [-0.1, -0.05) is 53.6 Å². The predicted octanol–water partition coefficient (Wildman–Crippen LogP) is 6.16. The first-order valence-electron chi connectivity index (χ1n) is 13.2. The smallest absolute Gasteiger partial charge is 0.408 e. The summed E-state index contributed by atoms with van der Waals surface area (Å²) in [4.78, 5) is 25.1. The van der Waals surface area contributed by atoms with Gasteiger partial charge in [0.1, 0.15) is 5.60 Å². The summed E-state index contributed by atoms with van der Waals surface area (Å²) < 4.78 is 6.90. The topological polar surface area (TPSA) is 88.5 Å². The molecule has 2 heterocycles. The summed E-state index contributed by atoms with van der Waals surface area (Å²) in [6.07, 6.45) is 2.75. The molecule has 40 heavy (non-hydrogen) atoms. The zero-order chi connectivity index (χ0) is 28.9. The van der Waals surface area contributed by atoms with Crippen LogP contribution in [0.4, 0.5) is 4.79 Å². The lowest BCUT2D eigenvalue weighted by atomic mass is 10.0. The highest BCUT2D eigenvalue weighted by atomic mass is 35.5. The van der Waals surface area contributed by atoms with Gasteiger partial charge in [0.05, 0.1) is 22.9 Å². The third kappa shape index (κ3) is 7.57. The number of halogens is 2. The maximum atomic E-state index is 13.3. The van der Waals surface area contributed by atoms with E-state index >= 15 is 0 Å². The fourth-order valence-corrected chi connectivity index (χ4v) is 4.86. The van der Waals surface area contributed by atoms with Crippen LogP contribution in [-0.4, -0.2) is 52.0 Å². The van der Waals surface area contributed by atoms with E-state index in [4.69, 9.17) is 33.0 Å². The van der Waals surface area contributed by atoms with Crippen molar-refractivity contribution in [2.24, 2.45) is 0 Å². The van der Waals surface area contributed by atoms with Crippen molar-refractivity contribution in [1.82, 2.24) is 25.5 Å². The number of piperidine rings is 1. The fourth-order valence-electron chi connectivity index (χ4n) is 4.37. The molecule has 0 unspecified atom stereocenters. The van der Waals surface area contributed by atoms with Crippen molar-refractivity contribution in [3.05, 3.63) is 69.3 Å². The van der Waals surface area contributed by atoms with Gasteiger partial charge in [0.2, 0.25) is 0 Å². The Morgan fingerprint density at radius 3 is 2.40 bits per heavy atom. The van der Waals surface area contributed by atoms with Crippen molar-refractivity contribution in [3.8, 4) is 28.8 Å². The van der Waals surface area contributed by atoms with Crippen LogP contribution in [0.5, 0.6) is 0 Å². The summed E-state index contributed by atoms with van der Waals surface area (Å²) in [7, 11) is 0. The van der Waals surface area contributed by atoms with Gasteiger partial charge in [-0.2, -0.15) is 5.10 Å². The molecule has 0 bridgehead atoms. The molecule has 210 valence electrons. The van der Waals surface area contributed by atoms with E-state index in [1.807, 2.05) is 36.2 Å². The van der Waals surface area contributed by atoms with E-state index in [1.165, 1.54) is 6.42 Å². The van der Waals surface area contributed by atoms with E-state index in [0.717, 1.165) is 48.3 Å². The molecule has 2 N–H and O–H groups in total. The monoisotopic (exact) mass is 581 g/mol. The summed E-state index contributed by atoms with van der Waals surface area (Å²) in [5, 5.41) is 10.2. The zero-order valence-corrected chi connectivity index (χ0v) is 24.6. The molecule has 0 radical (unpaired) electrons. The third-order valence-corrected chi connectivity index (χ3v) is 6.74. The quantitative estimate of drug-likeness (QED) is 0.352. The van der Waals surface area contributed by atoms with Crippen molar-refractivity contribution in [2.45, 2.75) is 52.6 Å². The zero-order valence-electron chi connectivity index (χ0n) is 23.1. The summed E-state index contributed by atoms with van der Waals surface area (Å²) in [5.41, 5.74) is 6.44. The lowest BCUT2D eigenvalue weighted by molar-refractivity contribution is 0.0534. The molecular formula is C30H33Cl2N5O3. The van der Waals surface area contributed by atoms with Crippen molar-refractivity contribution in [2.75, 3.05) is 19.6 Å². The number of aromatic nitrogens is 2. The first kappa shape index (κ1) is 29.5. The van der Waals surface area contributed by atoms with Crippen molar-refractivity contribution < 1.29 is 14.3 Å². The second-order valence-corrected chi connectivity index (χ2v) is 11.4. The van der Waals surface area contributed by atoms with Crippen LogP contribution in [0.3, 0.4) is 0 Å². The Balaban J connectivity index is 1.60. The van der Waals surface area contributed by atoms with Gasteiger partial charge in [0, 0.05) is 34.8 Å². The maximum Gasteiger partial charge on any atom is 0.408 e. The molecule has 2 aromatic carbocycles. The fraction of sp³-hybridized carbons (Fsp3) is 0.367. The van der Waals surface area contributed by atoms with Gasteiger partial charge in [-0.3, -0.25) is 10.2 Å². The van der Waals surface area contributed by atoms with Gasteiger partial charge in [0.15, 0.2) is 5.69 Å². The summed E-state index contributed by atoms with van der Waals surface area (Å²) in [5.74, 6) is 5.71. The standard InChI is InChI=1S/C30H33Cl2N5O3/c1-20-26(28(38)35-36-17-6-5-7-18-36)34-37(25-15-14-23(31)19-24(25)32)27(20)22-12-10-21(11-13-22)9-8-16-33-29(39)40-30(2,3)4/h10-15,19H,5-7,16-18H2,1-4H3,(H,33,39)(H,35,38). The number of rotatable bonds is 5.